The van der Waals surface area contributed by atoms with Gasteiger partial charge in [-0.1, -0.05) is 67.1 Å². The molecule has 52 heavy (non-hydrogen) atoms. The van der Waals surface area contributed by atoms with Gasteiger partial charge in [0, 0.05) is 53.9 Å². The van der Waals surface area contributed by atoms with Gasteiger partial charge in [-0.15, -0.1) is 0 Å². The van der Waals surface area contributed by atoms with Crippen molar-refractivity contribution in [2.45, 2.75) is 32.6 Å². The zero-order chi connectivity index (χ0) is 35.3. The molecule has 1 N–H and O–H groups in total. The van der Waals surface area contributed by atoms with Crippen molar-refractivity contribution in [1.29, 1.82) is 0 Å². The summed E-state index contributed by atoms with van der Waals surface area (Å²) in [6.45, 7) is 4.63. The van der Waals surface area contributed by atoms with Gasteiger partial charge in [0.05, 0.1) is 11.3 Å². The van der Waals surface area contributed by atoms with Gasteiger partial charge in [0.2, 0.25) is 13.1 Å². The second-order valence-electron chi connectivity index (χ2n) is 11.2. The molecule has 6 aromatic rings. The summed E-state index contributed by atoms with van der Waals surface area (Å²) >= 11 is 5.67. The van der Waals surface area contributed by atoms with E-state index in [0.29, 0.717) is 18.2 Å². The number of nitrogens with zero attached hydrogens (tertiary/aromatic N) is 5. The summed E-state index contributed by atoms with van der Waals surface area (Å²) in [6.07, 6.45) is 5.11. The van der Waals surface area contributed by atoms with Crippen LogP contribution in [0.4, 0.5) is 18.9 Å². The molecule has 0 atom stereocenters. The molecular weight excluding hydrogens is 734 g/mol. The Morgan fingerprint density at radius 2 is 1.48 bits per heavy atom. The van der Waals surface area contributed by atoms with Crippen molar-refractivity contribution in [3.8, 4) is 28.3 Å². The first-order valence-electron chi connectivity index (χ1n) is 16.1. The van der Waals surface area contributed by atoms with Gasteiger partial charge in [0.15, 0.2) is 12.4 Å². The summed E-state index contributed by atoms with van der Waals surface area (Å²) in [5, 5.41) is 9.57. The molecule has 0 unspecified atom stereocenters. The highest BCUT2D eigenvalue weighted by atomic mass is 35.5. The van der Waals surface area contributed by atoms with Crippen molar-refractivity contribution >= 4 is 23.1 Å². The maximum absolute atomic E-state index is 13.1. The van der Waals surface area contributed by atoms with E-state index in [-0.39, 0.29) is 42.1 Å². The number of aryl methyl sites for hydroxylation is 2. The highest BCUT2D eigenvalue weighted by Crippen LogP contribution is 2.38. The average molecular weight is 771 g/mol. The zero-order valence-electron chi connectivity index (χ0n) is 28.2. The molecule has 0 fully saturated rings. The predicted molar refractivity (Wildman–Crippen MR) is 188 cm³/mol. The number of hydrogen-bond acceptors (Lipinski definition) is 4. The van der Waals surface area contributed by atoms with Crippen molar-refractivity contribution in [3.63, 3.8) is 0 Å². The molecule has 0 amide bonds. The number of benzene rings is 3. The average Bonchev–Trinajstić information content (AvgIpc) is 3.68. The first-order chi connectivity index (χ1) is 24.2. The molecule has 0 saturated carbocycles. The van der Waals surface area contributed by atoms with Gasteiger partial charge in [-0.2, -0.15) is 22.3 Å². The fourth-order valence-corrected chi connectivity index (χ4v) is 5.39. The highest BCUT2D eigenvalue weighted by Gasteiger charge is 2.34. The molecule has 0 saturated heterocycles. The standard InChI is InChI=1S/C15H15ClF3N3O.C12H12N2.C12H10O.2ClH/c1-2-7-23-9-14(22-6-5-20-10-22)21-13-4-3-11(16)8-12(13)15(17,18)19;1-3-7-13-9-10-14-8-4-2-6-12(14)11(13)5-1;13-12-9-5-4-8-11(12)10-6-2-1-3-7-10;;/h3-6,8,10H,2,7,9H2,1H3;1-8H,9-10H2;1-9,13H;2*1H/q;+2;;;/p-2/b21-14+;;;;. The lowest BCUT2D eigenvalue weighted by Gasteiger charge is -2.13. The molecule has 272 valence electrons. The monoisotopic (exact) mass is 769 g/mol. The molecule has 1 aliphatic heterocycles. The number of aromatic hydroxyl groups is 1. The fraction of sp³-hybridized carbons (Fsp3) is 0.179. The Labute approximate surface area is 318 Å². The molecule has 0 radical (unpaired) electrons. The normalized spacial score (nSPS) is 11.6. The van der Waals surface area contributed by atoms with E-state index in [0.717, 1.165) is 36.7 Å². The van der Waals surface area contributed by atoms with Crippen molar-refractivity contribution in [2.24, 2.45) is 4.99 Å². The zero-order valence-corrected chi connectivity index (χ0v) is 30.4. The van der Waals surface area contributed by atoms with Gasteiger partial charge in [-0.3, -0.25) is 4.57 Å². The number of fused-ring (bicyclic) bond motifs is 3. The van der Waals surface area contributed by atoms with Crippen LogP contribution in [0.25, 0.3) is 22.5 Å². The number of aromatic nitrogens is 4. The molecule has 7 nitrogen and oxygen atoms in total. The number of alkyl halides is 3. The number of para-hydroxylation sites is 1. The number of rotatable bonds is 6. The minimum atomic E-state index is -4.55. The summed E-state index contributed by atoms with van der Waals surface area (Å²) in [7, 11) is 0. The number of hydrogen-bond donors (Lipinski definition) is 1. The van der Waals surface area contributed by atoms with Crippen molar-refractivity contribution < 1.29 is 57.0 Å². The lowest BCUT2D eigenvalue weighted by atomic mass is 10.1. The second kappa shape index (κ2) is 20.3. The Balaban J connectivity index is 0.000000217. The van der Waals surface area contributed by atoms with E-state index in [1.807, 2.05) is 55.5 Å². The molecule has 0 spiro atoms. The molecule has 4 heterocycles. The van der Waals surface area contributed by atoms with E-state index in [9.17, 15) is 18.3 Å². The summed E-state index contributed by atoms with van der Waals surface area (Å²) in [5.41, 5.74) is 3.42. The molecule has 0 bridgehead atoms. The summed E-state index contributed by atoms with van der Waals surface area (Å²) < 4.78 is 51.0. The van der Waals surface area contributed by atoms with E-state index in [1.165, 1.54) is 40.6 Å². The Hall–Kier alpha value is -4.74. The molecule has 3 aromatic heterocycles. The number of aliphatic imine (C=N–C) groups is 1. The van der Waals surface area contributed by atoms with Gasteiger partial charge in [0.25, 0.3) is 11.4 Å². The van der Waals surface area contributed by atoms with Gasteiger partial charge >= 0.3 is 6.18 Å². The molecule has 1 aliphatic rings. The molecule has 0 aliphatic carbocycles. The minimum Gasteiger partial charge on any atom is -1.00 e. The predicted octanol–water partition coefficient (Wildman–Crippen LogP) is 2.57. The molecular formula is C39H37Cl3F3N5O2. The number of ether oxygens (including phenoxy) is 1. The first kappa shape index (κ1) is 41.7. The van der Waals surface area contributed by atoms with Crippen LogP contribution in [0.5, 0.6) is 5.75 Å². The number of phenols is 1. The van der Waals surface area contributed by atoms with Crippen LogP contribution in [0, 0.1) is 0 Å². The number of halogens is 6. The Morgan fingerprint density at radius 3 is 2.06 bits per heavy atom. The fourth-order valence-electron chi connectivity index (χ4n) is 5.21. The van der Waals surface area contributed by atoms with Crippen molar-refractivity contribution in [3.05, 3.63) is 151 Å². The lowest BCUT2D eigenvalue weighted by molar-refractivity contribution is -0.794. The van der Waals surface area contributed by atoms with Crippen LogP contribution in [0.1, 0.15) is 18.9 Å². The smallest absolute Gasteiger partial charge is 0.418 e. The van der Waals surface area contributed by atoms with Gasteiger partial charge < -0.3 is 34.7 Å². The quantitative estimate of drug-likeness (QED) is 0.123. The maximum Gasteiger partial charge on any atom is 0.418 e. The summed E-state index contributed by atoms with van der Waals surface area (Å²) in [4.78, 5) is 8.00. The third-order valence-electron chi connectivity index (χ3n) is 7.61. The van der Waals surface area contributed by atoms with E-state index in [1.54, 1.807) is 12.3 Å². The first-order valence-corrected chi connectivity index (χ1v) is 16.4. The Morgan fingerprint density at radius 1 is 0.865 bits per heavy atom. The summed E-state index contributed by atoms with van der Waals surface area (Å²) in [5.74, 6) is 0.637. The van der Waals surface area contributed by atoms with Crippen molar-refractivity contribution in [2.75, 3.05) is 13.2 Å². The molecule has 13 heteroatoms. The van der Waals surface area contributed by atoms with Crippen molar-refractivity contribution in [1.82, 2.24) is 9.55 Å². The second-order valence-corrected chi connectivity index (χ2v) is 11.6. The highest BCUT2D eigenvalue weighted by molar-refractivity contribution is 6.30. The van der Waals surface area contributed by atoms with Gasteiger partial charge in [-0.25, -0.2) is 9.98 Å². The van der Waals surface area contributed by atoms with Crippen LogP contribution >= 0.6 is 11.6 Å². The van der Waals surface area contributed by atoms with Crippen LogP contribution in [0.2, 0.25) is 5.02 Å². The molecule has 7 rings (SSSR count). The van der Waals surface area contributed by atoms with Gasteiger partial charge in [0.1, 0.15) is 24.5 Å². The minimum absolute atomic E-state index is 0. The van der Waals surface area contributed by atoms with E-state index >= 15 is 0 Å². The Bertz CT molecular complexity index is 1970. The lowest BCUT2D eigenvalue weighted by Crippen LogP contribution is -3.00. The van der Waals surface area contributed by atoms with E-state index < -0.39 is 11.7 Å². The maximum atomic E-state index is 13.1. The SMILES string of the molecule is CCCOC/C(=N\c1ccc(Cl)cc1C(F)(F)F)n1ccnc1.Oc1ccccc1-c1ccccc1.[Cl-].[Cl-].c1cc[n+]2c(c1)-c1cccc[n+]1CC2. The third kappa shape index (κ3) is 11.4. The largest absolute Gasteiger partial charge is 1.00 e. The molecule has 3 aromatic carbocycles. The summed E-state index contributed by atoms with van der Waals surface area (Å²) in [6, 6.07) is 33.4. The number of imidazole rings is 1. The third-order valence-corrected chi connectivity index (χ3v) is 7.85. The van der Waals surface area contributed by atoms with Crippen LogP contribution < -0.4 is 33.9 Å². The number of phenolic OH excluding ortho intramolecular Hbond substituents is 1. The van der Waals surface area contributed by atoms with Crippen LogP contribution in [-0.2, 0) is 24.0 Å². The van der Waals surface area contributed by atoms with Crippen LogP contribution in [-0.4, -0.2) is 33.7 Å². The van der Waals surface area contributed by atoms with Crippen LogP contribution in [0.3, 0.4) is 0 Å². The van der Waals surface area contributed by atoms with Crippen LogP contribution in [0.15, 0.2) is 145 Å². The Kier molecular flexibility index (Phi) is 16.3. The van der Waals surface area contributed by atoms with E-state index in [4.69, 9.17) is 16.3 Å². The number of pyridine rings is 2. The van der Waals surface area contributed by atoms with E-state index in [2.05, 4.69) is 67.9 Å². The van der Waals surface area contributed by atoms with Gasteiger partial charge in [-0.05, 0) is 48.4 Å². The topological polar surface area (TPSA) is 67.4 Å².